The normalized spacial score (nSPS) is 9.78. The van der Waals surface area contributed by atoms with Gasteiger partial charge in [0.1, 0.15) is 10.6 Å². The predicted molar refractivity (Wildman–Crippen MR) is 65.0 cm³/mol. The minimum Gasteiger partial charge on any atom is -0.477 e. The number of nitrogens with zero attached hydrogens (tertiary/aromatic N) is 2. The molecule has 0 amide bonds. The molecule has 5 nitrogen and oxygen atoms in total. The zero-order valence-corrected chi connectivity index (χ0v) is 10.2. The van der Waals surface area contributed by atoms with Crippen LogP contribution in [0.25, 0.3) is 0 Å². The molecule has 2 aromatic rings. The number of aromatic carboxylic acids is 1. The highest BCUT2D eigenvalue weighted by atomic mass is 32.1. The van der Waals surface area contributed by atoms with Gasteiger partial charge in [0, 0.05) is 0 Å². The van der Waals surface area contributed by atoms with E-state index in [0.717, 1.165) is 11.3 Å². The number of carboxylic acid groups (broad SMARTS) is 1. The van der Waals surface area contributed by atoms with Crippen molar-refractivity contribution in [3.05, 3.63) is 40.4 Å². The van der Waals surface area contributed by atoms with Crippen LogP contribution in [0.3, 0.4) is 0 Å². The van der Waals surface area contributed by atoms with Gasteiger partial charge in [0.15, 0.2) is 0 Å². The minimum absolute atomic E-state index is 0.165. The summed E-state index contributed by atoms with van der Waals surface area (Å²) in [6, 6.07) is 8.51. The Labute approximate surface area is 107 Å². The van der Waals surface area contributed by atoms with Gasteiger partial charge in [-0.3, -0.25) is 0 Å². The van der Waals surface area contributed by atoms with Crippen molar-refractivity contribution < 1.29 is 14.6 Å². The quantitative estimate of drug-likeness (QED) is 0.917. The fourth-order valence-corrected chi connectivity index (χ4v) is 2.09. The average Bonchev–Trinajstić information content (AvgIpc) is 2.71. The standard InChI is InChI=1S/C12H8N2O3S/c1-7-10(11(15)16)18-12(14-7)17-9-4-2-8(6-13)3-5-9/h2-5H,1H3,(H,15,16). The van der Waals surface area contributed by atoms with Gasteiger partial charge in [-0.2, -0.15) is 5.26 Å². The van der Waals surface area contributed by atoms with E-state index in [-0.39, 0.29) is 10.1 Å². The zero-order valence-electron chi connectivity index (χ0n) is 9.38. The monoisotopic (exact) mass is 260 g/mol. The molecule has 90 valence electrons. The maximum absolute atomic E-state index is 10.8. The van der Waals surface area contributed by atoms with E-state index in [9.17, 15) is 4.79 Å². The van der Waals surface area contributed by atoms with Gasteiger partial charge < -0.3 is 9.84 Å². The lowest BCUT2D eigenvalue weighted by Gasteiger charge is -2.00. The van der Waals surface area contributed by atoms with Crippen LogP contribution in [0.4, 0.5) is 0 Å². The summed E-state index contributed by atoms with van der Waals surface area (Å²) >= 11 is 0.975. The Morgan fingerprint density at radius 2 is 2.11 bits per heavy atom. The van der Waals surface area contributed by atoms with Crippen molar-refractivity contribution in [3.8, 4) is 17.0 Å². The molecule has 1 N–H and O–H groups in total. The third-order valence-electron chi connectivity index (χ3n) is 2.16. The molecule has 1 aromatic heterocycles. The summed E-state index contributed by atoms with van der Waals surface area (Å²) in [5, 5.41) is 17.8. The summed E-state index contributed by atoms with van der Waals surface area (Å²) < 4.78 is 5.42. The number of ether oxygens (including phenoxy) is 1. The number of nitriles is 1. The number of aryl methyl sites for hydroxylation is 1. The number of benzene rings is 1. The number of hydrogen-bond donors (Lipinski definition) is 1. The van der Waals surface area contributed by atoms with Gasteiger partial charge in [0.25, 0.3) is 5.19 Å². The minimum atomic E-state index is -1.01. The molecule has 0 bridgehead atoms. The Hall–Kier alpha value is -2.39. The molecule has 0 aliphatic rings. The van der Waals surface area contributed by atoms with Gasteiger partial charge in [-0.25, -0.2) is 9.78 Å². The average molecular weight is 260 g/mol. The number of carboxylic acids is 1. The molecule has 0 aliphatic carbocycles. The molecule has 0 fully saturated rings. The highest BCUT2D eigenvalue weighted by Crippen LogP contribution is 2.29. The molecule has 0 saturated heterocycles. The highest BCUT2D eigenvalue weighted by molar-refractivity contribution is 7.15. The maximum atomic E-state index is 10.8. The second kappa shape index (κ2) is 4.85. The van der Waals surface area contributed by atoms with Gasteiger partial charge in [0.05, 0.1) is 17.3 Å². The molecule has 0 atom stereocenters. The SMILES string of the molecule is Cc1nc(Oc2ccc(C#N)cc2)sc1C(=O)O. The van der Waals surface area contributed by atoms with Gasteiger partial charge >= 0.3 is 5.97 Å². The zero-order chi connectivity index (χ0) is 13.1. The summed E-state index contributed by atoms with van der Waals surface area (Å²) in [5.74, 6) is -0.501. The second-order valence-electron chi connectivity index (χ2n) is 3.44. The molecule has 0 spiro atoms. The van der Waals surface area contributed by atoms with Crippen molar-refractivity contribution in [2.75, 3.05) is 0 Å². The van der Waals surface area contributed by atoms with Crippen LogP contribution in [-0.2, 0) is 0 Å². The van der Waals surface area contributed by atoms with E-state index in [4.69, 9.17) is 15.1 Å². The molecule has 0 saturated carbocycles. The molecule has 1 aromatic carbocycles. The summed E-state index contributed by atoms with van der Waals surface area (Å²) in [4.78, 5) is 15.0. The molecule has 0 unspecified atom stereocenters. The van der Waals surface area contributed by atoms with Crippen LogP contribution in [0.1, 0.15) is 20.9 Å². The summed E-state index contributed by atoms with van der Waals surface area (Å²) in [7, 11) is 0. The molecule has 0 aliphatic heterocycles. The van der Waals surface area contributed by atoms with E-state index < -0.39 is 5.97 Å². The van der Waals surface area contributed by atoms with Crippen LogP contribution in [-0.4, -0.2) is 16.1 Å². The van der Waals surface area contributed by atoms with Crippen molar-refractivity contribution in [2.45, 2.75) is 6.92 Å². The van der Waals surface area contributed by atoms with Crippen molar-refractivity contribution in [1.82, 2.24) is 4.98 Å². The number of carbonyl (C=O) groups is 1. The Morgan fingerprint density at radius 1 is 1.44 bits per heavy atom. The Kier molecular flexibility index (Phi) is 3.26. The van der Waals surface area contributed by atoms with Crippen molar-refractivity contribution in [1.29, 1.82) is 5.26 Å². The molecule has 6 heteroatoms. The van der Waals surface area contributed by atoms with Crippen LogP contribution < -0.4 is 4.74 Å². The second-order valence-corrected chi connectivity index (χ2v) is 4.40. The third-order valence-corrected chi connectivity index (χ3v) is 3.18. The van der Waals surface area contributed by atoms with Gasteiger partial charge in [-0.1, -0.05) is 11.3 Å². The van der Waals surface area contributed by atoms with Crippen LogP contribution >= 0.6 is 11.3 Å². The molecule has 18 heavy (non-hydrogen) atoms. The number of rotatable bonds is 3. The first-order valence-electron chi connectivity index (χ1n) is 4.99. The van der Waals surface area contributed by atoms with Crippen LogP contribution in [0, 0.1) is 18.3 Å². The van der Waals surface area contributed by atoms with E-state index in [1.807, 2.05) is 6.07 Å². The first-order valence-corrected chi connectivity index (χ1v) is 5.80. The molecular weight excluding hydrogens is 252 g/mol. The Bertz CT molecular complexity index is 626. The molecule has 0 radical (unpaired) electrons. The van der Waals surface area contributed by atoms with E-state index in [1.165, 1.54) is 0 Å². The van der Waals surface area contributed by atoms with Gasteiger partial charge in [-0.05, 0) is 31.2 Å². The van der Waals surface area contributed by atoms with Crippen molar-refractivity contribution >= 4 is 17.3 Å². The van der Waals surface area contributed by atoms with Crippen LogP contribution in [0.15, 0.2) is 24.3 Å². The predicted octanol–water partition coefficient (Wildman–Crippen LogP) is 2.81. The Balaban J connectivity index is 2.21. The first-order chi connectivity index (χ1) is 8.60. The van der Waals surface area contributed by atoms with E-state index >= 15 is 0 Å². The van der Waals surface area contributed by atoms with Crippen molar-refractivity contribution in [2.24, 2.45) is 0 Å². The summed E-state index contributed by atoms with van der Waals surface area (Å²) in [6.45, 7) is 1.62. The number of thiazole rings is 1. The maximum Gasteiger partial charge on any atom is 0.347 e. The van der Waals surface area contributed by atoms with Crippen molar-refractivity contribution in [3.63, 3.8) is 0 Å². The van der Waals surface area contributed by atoms with E-state index in [0.29, 0.717) is 17.0 Å². The fourth-order valence-electron chi connectivity index (χ4n) is 1.31. The van der Waals surface area contributed by atoms with E-state index in [1.54, 1.807) is 31.2 Å². The summed E-state index contributed by atoms with van der Waals surface area (Å²) in [5.41, 5.74) is 0.958. The van der Waals surface area contributed by atoms with Crippen LogP contribution in [0.2, 0.25) is 0 Å². The topological polar surface area (TPSA) is 83.2 Å². The lowest BCUT2D eigenvalue weighted by atomic mass is 10.2. The number of aromatic nitrogens is 1. The smallest absolute Gasteiger partial charge is 0.347 e. The van der Waals surface area contributed by atoms with Crippen LogP contribution in [0.5, 0.6) is 10.9 Å². The summed E-state index contributed by atoms with van der Waals surface area (Å²) in [6.07, 6.45) is 0. The third kappa shape index (κ3) is 2.47. The van der Waals surface area contributed by atoms with Gasteiger partial charge in [-0.15, -0.1) is 0 Å². The fraction of sp³-hybridized carbons (Fsp3) is 0.0833. The lowest BCUT2D eigenvalue weighted by molar-refractivity contribution is 0.0701. The molecule has 2 rings (SSSR count). The molecular formula is C12H8N2O3S. The number of hydrogen-bond acceptors (Lipinski definition) is 5. The lowest BCUT2D eigenvalue weighted by Crippen LogP contribution is -1.94. The van der Waals surface area contributed by atoms with E-state index in [2.05, 4.69) is 4.98 Å². The Morgan fingerprint density at radius 3 is 2.61 bits per heavy atom. The molecule has 1 heterocycles. The van der Waals surface area contributed by atoms with Gasteiger partial charge in [0.2, 0.25) is 0 Å². The first kappa shape index (κ1) is 12.1. The largest absolute Gasteiger partial charge is 0.477 e. The highest BCUT2D eigenvalue weighted by Gasteiger charge is 2.15.